The van der Waals surface area contributed by atoms with Gasteiger partial charge >= 0.3 is 0 Å². The number of nitrogens with zero attached hydrogens (tertiary/aromatic N) is 4. The summed E-state index contributed by atoms with van der Waals surface area (Å²) in [5.41, 5.74) is 2.21. The molecule has 3 aromatic heterocycles. The van der Waals surface area contributed by atoms with Gasteiger partial charge in [-0.25, -0.2) is 18.4 Å². The van der Waals surface area contributed by atoms with Crippen LogP contribution in [0.1, 0.15) is 31.7 Å². The van der Waals surface area contributed by atoms with E-state index in [1.54, 1.807) is 30.5 Å². The van der Waals surface area contributed by atoms with Gasteiger partial charge in [0.05, 0.1) is 29.8 Å². The number of nitrogens with one attached hydrogen (secondary N) is 1. The molecule has 1 aliphatic heterocycles. The van der Waals surface area contributed by atoms with Crippen molar-refractivity contribution in [2.45, 2.75) is 47.8 Å². The third-order valence-corrected chi connectivity index (χ3v) is 8.75. The van der Waals surface area contributed by atoms with E-state index < -0.39 is 9.84 Å². The lowest BCUT2D eigenvalue weighted by molar-refractivity contribution is 0.00532. The predicted octanol–water partition coefficient (Wildman–Crippen LogP) is 3.56. The second-order valence-corrected chi connectivity index (χ2v) is 10.8. The Kier molecular flexibility index (Phi) is 5.20. The van der Waals surface area contributed by atoms with Crippen LogP contribution in [0.5, 0.6) is 0 Å². The fourth-order valence-electron chi connectivity index (χ4n) is 5.43. The van der Waals surface area contributed by atoms with Gasteiger partial charge in [0, 0.05) is 36.8 Å². The highest BCUT2D eigenvalue weighted by Gasteiger charge is 2.34. The number of ether oxygens (including phenoxy) is 1. The van der Waals surface area contributed by atoms with Crippen molar-refractivity contribution in [1.29, 1.82) is 0 Å². The Bertz CT molecular complexity index is 1380. The molecule has 1 saturated heterocycles. The lowest BCUT2D eigenvalue weighted by Gasteiger charge is -2.39. The summed E-state index contributed by atoms with van der Waals surface area (Å²) in [6.07, 6.45) is 7.42. The number of aromatic amines is 1. The number of imidazole rings is 1. The first-order valence-corrected chi connectivity index (χ1v) is 13.1. The zero-order chi connectivity index (χ0) is 22.4. The molecule has 0 radical (unpaired) electrons. The Balaban J connectivity index is 1.45. The first-order valence-electron chi connectivity index (χ1n) is 11.6. The van der Waals surface area contributed by atoms with Crippen LogP contribution in [-0.4, -0.2) is 65.2 Å². The molecule has 0 unspecified atom stereocenters. The van der Waals surface area contributed by atoms with Crippen molar-refractivity contribution in [3.63, 3.8) is 0 Å². The first-order chi connectivity index (χ1) is 16.1. The SMILES string of the molecule is O=S(=O)(c1ccccc1)c1nc2cnc3[nH]ccc3c2n1C1CCC(N2CCOCC2)CC1. The number of rotatable bonds is 4. The molecule has 1 aliphatic carbocycles. The summed E-state index contributed by atoms with van der Waals surface area (Å²) in [4.78, 5) is 15.0. The molecular weight excluding hydrogens is 438 g/mol. The number of hydrogen-bond acceptors (Lipinski definition) is 6. The average molecular weight is 466 g/mol. The first kappa shape index (κ1) is 20.8. The van der Waals surface area contributed by atoms with Gasteiger partial charge in [-0.3, -0.25) is 4.90 Å². The molecule has 0 amide bonds. The van der Waals surface area contributed by atoms with Gasteiger partial charge in [0.1, 0.15) is 11.2 Å². The third-order valence-electron chi connectivity index (χ3n) is 7.09. The van der Waals surface area contributed by atoms with Gasteiger partial charge in [-0.15, -0.1) is 0 Å². The Labute approximate surface area is 192 Å². The molecule has 9 heteroatoms. The number of fused-ring (bicyclic) bond motifs is 3. The molecule has 0 bridgehead atoms. The maximum absolute atomic E-state index is 13.7. The summed E-state index contributed by atoms with van der Waals surface area (Å²) in [5.74, 6) is 0. The summed E-state index contributed by atoms with van der Waals surface area (Å²) in [6, 6.07) is 11.2. The van der Waals surface area contributed by atoms with Crippen molar-refractivity contribution >= 4 is 31.9 Å². The molecule has 1 N–H and O–H groups in total. The zero-order valence-electron chi connectivity index (χ0n) is 18.4. The smallest absolute Gasteiger partial charge is 0.240 e. The lowest BCUT2D eigenvalue weighted by Crippen LogP contribution is -2.45. The second-order valence-electron chi connectivity index (χ2n) is 8.92. The zero-order valence-corrected chi connectivity index (χ0v) is 19.2. The fourth-order valence-corrected chi connectivity index (χ4v) is 6.87. The third kappa shape index (κ3) is 3.55. The molecule has 0 atom stereocenters. The van der Waals surface area contributed by atoms with Crippen LogP contribution in [0.15, 0.2) is 58.8 Å². The van der Waals surface area contributed by atoms with Crippen molar-refractivity contribution in [1.82, 2.24) is 24.4 Å². The lowest BCUT2D eigenvalue weighted by atomic mass is 9.89. The standard InChI is InChI=1S/C24H27N5O3S/c30-33(31,19-4-2-1-3-5-19)24-27-21-16-26-23-20(10-11-25-23)22(21)29(24)18-8-6-17(7-9-18)28-12-14-32-15-13-28/h1-5,10-11,16-18H,6-9,12-15H2,(H,25,26). The topological polar surface area (TPSA) is 93.1 Å². The Hall–Kier alpha value is -2.75. The quantitative estimate of drug-likeness (QED) is 0.495. The monoisotopic (exact) mass is 465 g/mol. The molecule has 0 spiro atoms. The van der Waals surface area contributed by atoms with Crippen molar-refractivity contribution < 1.29 is 13.2 Å². The van der Waals surface area contributed by atoms with Crippen LogP contribution < -0.4 is 0 Å². The molecule has 4 aromatic rings. The Morgan fingerprint density at radius 2 is 1.70 bits per heavy atom. The molecule has 2 aliphatic rings. The number of aromatic nitrogens is 4. The molecule has 33 heavy (non-hydrogen) atoms. The van der Waals surface area contributed by atoms with E-state index in [0.29, 0.717) is 11.6 Å². The average Bonchev–Trinajstić information content (AvgIpc) is 3.50. The summed E-state index contributed by atoms with van der Waals surface area (Å²) in [5, 5.41) is 1.03. The summed E-state index contributed by atoms with van der Waals surface area (Å²) < 4.78 is 34.9. The molecular formula is C24H27N5O3S. The van der Waals surface area contributed by atoms with Gasteiger partial charge in [0.2, 0.25) is 15.0 Å². The van der Waals surface area contributed by atoms with Crippen LogP contribution in [0.4, 0.5) is 0 Å². The molecule has 1 saturated carbocycles. The maximum Gasteiger partial charge on any atom is 0.240 e. The van der Waals surface area contributed by atoms with Crippen molar-refractivity contribution in [2.24, 2.45) is 0 Å². The molecule has 6 rings (SSSR count). The van der Waals surface area contributed by atoms with Crippen molar-refractivity contribution in [3.05, 3.63) is 48.8 Å². The van der Waals surface area contributed by atoms with Crippen LogP contribution in [0, 0.1) is 0 Å². The minimum absolute atomic E-state index is 0.0706. The second kappa shape index (κ2) is 8.23. The van der Waals surface area contributed by atoms with E-state index in [2.05, 4.69) is 19.9 Å². The molecule has 1 aromatic carbocycles. The normalized spacial score (nSPS) is 22.8. The Morgan fingerprint density at radius 3 is 2.45 bits per heavy atom. The van der Waals surface area contributed by atoms with E-state index >= 15 is 0 Å². The molecule has 4 heterocycles. The van der Waals surface area contributed by atoms with E-state index in [9.17, 15) is 8.42 Å². The summed E-state index contributed by atoms with van der Waals surface area (Å²) >= 11 is 0. The highest BCUT2D eigenvalue weighted by molar-refractivity contribution is 7.91. The molecule has 2 fully saturated rings. The van der Waals surface area contributed by atoms with Gasteiger partial charge in [0.15, 0.2) is 0 Å². The van der Waals surface area contributed by atoms with Gasteiger partial charge in [-0.05, 0) is 43.9 Å². The minimum Gasteiger partial charge on any atom is -0.379 e. The van der Waals surface area contributed by atoms with Gasteiger partial charge < -0.3 is 14.3 Å². The highest BCUT2D eigenvalue weighted by atomic mass is 32.2. The number of hydrogen-bond donors (Lipinski definition) is 1. The van der Waals surface area contributed by atoms with Gasteiger partial charge in [0.25, 0.3) is 0 Å². The van der Waals surface area contributed by atoms with E-state index in [1.165, 1.54) is 0 Å². The maximum atomic E-state index is 13.7. The van der Waals surface area contributed by atoms with E-state index in [1.807, 2.05) is 22.9 Å². The number of sulfone groups is 1. The number of morpholine rings is 1. The van der Waals surface area contributed by atoms with Crippen LogP contribution >= 0.6 is 0 Å². The predicted molar refractivity (Wildman–Crippen MR) is 125 cm³/mol. The number of pyridine rings is 1. The largest absolute Gasteiger partial charge is 0.379 e. The van der Waals surface area contributed by atoms with Crippen LogP contribution in [0.3, 0.4) is 0 Å². The van der Waals surface area contributed by atoms with E-state index in [-0.39, 0.29) is 16.1 Å². The van der Waals surface area contributed by atoms with Gasteiger partial charge in [-0.1, -0.05) is 18.2 Å². The summed E-state index contributed by atoms with van der Waals surface area (Å²) in [6.45, 7) is 3.55. The number of benzene rings is 1. The minimum atomic E-state index is -3.78. The van der Waals surface area contributed by atoms with E-state index in [4.69, 9.17) is 4.74 Å². The highest BCUT2D eigenvalue weighted by Crippen LogP contribution is 2.38. The van der Waals surface area contributed by atoms with Crippen molar-refractivity contribution in [2.75, 3.05) is 26.3 Å². The van der Waals surface area contributed by atoms with E-state index in [0.717, 1.165) is 68.5 Å². The summed E-state index contributed by atoms with van der Waals surface area (Å²) in [7, 11) is -3.78. The fraction of sp³-hybridized carbons (Fsp3) is 0.417. The van der Waals surface area contributed by atoms with Gasteiger partial charge in [-0.2, -0.15) is 0 Å². The van der Waals surface area contributed by atoms with Crippen molar-refractivity contribution in [3.8, 4) is 0 Å². The van der Waals surface area contributed by atoms with Crippen LogP contribution in [0.25, 0.3) is 22.1 Å². The Morgan fingerprint density at radius 1 is 0.970 bits per heavy atom. The molecule has 8 nitrogen and oxygen atoms in total. The molecule has 172 valence electrons. The van der Waals surface area contributed by atoms with Crippen LogP contribution in [-0.2, 0) is 14.6 Å². The number of H-pyrrole nitrogens is 1. The van der Waals surface area contributed by atoms with Crippen LogP contribution in [0.2, 0.25) is 0 Å².